The number of carbonyl (C=O) groups excluding carboxylic acids is 2. The van der Waals surface area contributed by atoms with Gasteiger partial charge >= 0.3 is 5.97 Å². The molecule has 0 unspecified atom stereocenters. The van der Waals surface area contributed by atoms with E-state index in [1.807, 2.05) is 16.4 Å². The third kappa shape index (κ3) is 7.32. The molecule has 6 rings (SSSR count). The van der Waals surface area contributed by atoms with Gasteiger partial charge in [0, 0.05) is 52.6 Å². The van der Waals surface area contributed by atoms with E-state index < -0.39 is 5.97 Å². The Labute approximate surface area is 284 Å². The smallest absolute Gasteiger partial charge is 0.306 e. The number of likely N-dealkylation sites (tertiary alicyclic amines) is 2. The van der Waals surface area contributed by atoms with E-state index in [0.717, 1.165) is 50.8 Å². The molecule has 9 nitrogen and oxygen atoms in total. The maximum absolute atomic E-state index is 13.9. The SMILES string of the molecule is CN(C)C1CN([C@H]2C[C@@H](COC3CCC(C(=O)O)CC3)N(C(=O)Cc3cc(Cl)c(NC(=O)c4csc5c4C=CCC5)cc3Cl)C2)C1. The molecule has 1 aromatic heterocycles. The number of carbonyl (C=O) groups is 3. The second-order valence-corrected chi connectivity index (χ2v) is 15.1. The van der Waals surface area contributed by atoms with Crippen LogP contribution in [-0.2, 0) is 27.2 Å². The van der Waals surface area contributed by atoms with Crippen LogP contribution in [0.3, 0.4) is 0 Å². The third-order valence-electron chi connectivity index (χ3n) is 10.1. The zero-order valence-electron chi connectivity index (χ0n) is 26.3. The lowest BCUT2D eigenvalue weighted by Gasteiger charge is -2.46. The largest absolute Gasteiger partial charge is 0.481 e. The fourth-order valence-electron chi connectivity index (χ4n) is 7.10. The number of rotatable bonds is 10. The van der Waals surface area contributed by atoms with Crippen LogP contribution in [-0.4, -0.2) is 102 Å². The van der Waals surface area contributed by atoms with Crippen molar-refractivity contribution in [3.05, 3.63) is 55.2 Å². The van der Waals surface area contributed by atoms with E-state index in [2.05, 4.69) is 35.3 Å². The quantitative estimate of drug-likeness (QED) is 0.331. The molecule has 0 bridgehead atoms. The van der Waals surface area contributed by atoms with Crippen molar-refractivity contribution in [3.63, 3.8) is 0 Å². The summed E-state index contributed by atoms with van der Waals surface area (Å²) in [6.07, 6.45) is 9.62. The molecule has 2 aliphatic carbocycles. The number of aryl methyl sites for hydroxylation is 1. The van der Waals surface area contributed by atoms with Gasteiger partial charge in [0.15, 0.2) is 0 Å². The highest BCUT2D eigenvalue weighted by Crippen LogP contribution is 2.35. The summed E-state index contributed by atoms with van der Waals surface area (Å²) in [5, 5.41) is 14.8. The number of anilines is 1. The molecule has 3 heterocycles. The van der Waals surface area contributed by atoms with Crippen LogP contribution < -0.4 is 5.32 Å². The number of hydrogen-bond donors (Lipinski definition) is 2. The van der Waals surface area contributed by atoms with Crippen LogP contribution in [0.4, 0.5) is 5.69 Å². The Kier molecular flexibility index (Phi) is 10.4. The first kappa shape index (κ1) is 33.4. The van der Waals surface area contributed by atoms with Gasteiger partial charge in [0.2, 0.25) is 5.91 Å². The molecular formula is C34H42Cl2N4O5S. The van der Waals surface area contributed by atoms with Gasteiger partial charge < -0.3 is 25.0 Å². The predicted octanol–water partition coefficient (Wildman–Crippen LogP) is 5.68. The Hall–Kier alpha value is -2.47. The summed E-state index contributed by atoms with van der Waals surface area (Å²) in [4.78, 5) is 46.2. The number of likely N-dealkylation sites (N-methyl/N-ethyl adjacent to an activating group) is 1. The minimum Gasteiger partial charge on any atom is -0.481 e. The molecule has 2 aromatic rings. The van der Waals surface area contributed by atoms with E-state index in [1.54, 1.807) is 23.5 Å². The summed E-state index contributed by atoms with van der Waals surface area (Å²) in [7, 11) is 4.20. The van der Waals surface area contributed by atoms with E-state index in [-0.39, 0.29) is 42.3 Å². The Morgan fingerprint density at radius 1 is 1.09 bits per heavy atom. The molecule has 12 heteroatoms. The van der Waals surface area contributed by atoms with Crippen molar-refractivity contribution in [2.24, 2.45) is 5.92 Å². The van der Waals surface area contributed by atoms with Crippen molar-refractivity contribution in [2.75, 3.05) is 45.7 Å². The molecule has 2 saturated heterocycles. The first-order chi connectivity index (χ1) is 22.1. The number of amides is 2. The molecule has 2 N–H and O–H groups in total. The average Bonchev–Trinajstić information content (AvgIpc) is 3.62. The lowest BCUT2D eigenvalue weighted by Crippen LogP contribution is -2.61. The number of carboxylic acids is 1. The third-order valence-corrected chi connectivity index (χ3v) is 11.8. The van der Waals surface area contributed by atoms with Gasteiger partial charge in [-0.05, 0) is 76.7 Å². The number of fused-ring (bicyclic) bond motifs is 1. The molecule has 3 fully saturated rings. The van der Waals surface area contributed by atoms with Gasteiger partial charge in [-0.1, -0.05) is 35.4 Å². The molecule has 2 atom stereocenters. The number of nitrogens with zero attached hydrogens (tertiary/aromatic N) is 3. The number of carboxylic acid groups (broad SMARTS) is 1. The number of ether oxygens (including phenoxy) is 1. The highest BCUT2D eigenvalue weighted by atomic mass is 35.5. The van der Waals surface area contributed by atoms with Crippen molar-refractivity contribution in [2.45, 2.75) is 75.6 Å². The summed E-state index contributed by atoms with van der Waals surface area (Å²) < 4.78 is 6.32. The Balaban J connectivity index is 1.11. The summed E-state index contributed by atoms with van der Waals surface area (Å²) in [6.45, 7) is 3.01. The zero-order chi connectivity index (χ0) is 32.5. The number of hydrogen-bond acceptors (Lipinski definition) is 7. The van der Waals surface area contributed by atoms with Gasteiger partial charge in [-0.3, -0.25) is 19.3 Å². The minimum atomic E-state index is -0.730. The van der Waals surface area contributed by atoms with Crippen molar-refractivity contribution >= 4 is 64.1 Å². The highest BCUT2D eigenvalue weighted by molar-refractivity contribution is 7.10. The van der Waals surface area contributed by atoms with Gasteiger partial charge in [-0.25, -0.2) is 0 Å². The number of halogens is 2. The molecule has 248 valence electrons. The summed E-state index contributed by atoms with van der Waals surface area (Å²) in [6, 6.07) is 4.00. The lowest BCUT2D eigenvalue weighted by atomic mass is 9.87. The Morgan fingerprint density at radius 2 is 1.85 bits per heavy atom. The fourth-order valence-corrected chi connectivity index (χ4v) is 8.60. The van der Waals surface area contributed by atoms with Crippen LogP contribution in [0.2, 0.25) is 10.0 Å². The van der Waals surface area contributed by atoms with E-state index in [0.29, 0.717) is 58.9 Å². The van der Waals surface area contributed by atoms with Crippen LogP contribution in [0.5, 0.6) is 0 Å². The minimum absolute atomic E-state index is 0.0142. The highest BCUT2D eigenvalue weighted by Gasteiger charge is 2.43. The van der Waals surface area contributed by atoms with E-state index in [4.69, 9.17) is 27.9 Å². The number of nitrogens with one attached hydrogen (secondary N) is 1. The lowest BCUT2D eigenvalue weighted by molar-refractivity contribution is -0.144. The molecule has 1 saturated carbocycles. The number of aliphatic carboxylic acids is 1. The maximum atomic E-state index is 13.9. The van der Waals surface area contributed by atoms with Crippen molar-refractivity contribution in [3.8, 4) is 0 Å². The van der Waals surface area contributed by atoms with Gasteiger partial charge in [-0.2, -0.15) is 0 Å². The van der Waals surface area contributed by atoms with Gasteiger partial charge in [0.25, 0.3) is 5.91 Å². The Morgan fingerprint density at radius 3 is 2.57 bits per heavy atom. The normalized spacial score (nSPS) is 25.0. The first-order valence-electron chi connectivity index (χ1n) is 16.2. The number of allylic oxidation sites excluding steroid dienone is 1. The molecule has 1 aromatic carbocycles. The standard InChI is InChI=1S/C34H42Cl2N4O5S/c1-38(2)24-15-39(16-24)22-13-23(18-45-25-9-7-20(8-10-25)34(43)44)40(17-22)32(41)12-21-11-29(36)30(14-28(21)35)37-33(42)27-19-46-31-6-4-3-5-26(27)31/h3,5,11,14,19-20,22-25H,4,6-10,12-13,15-18H2,1-2H3,(H,37,42)(H,43,44)/t20?,22-,23-,25?/m0/s1. The number of thiophene rings is 1. The molecule has 0 radical (unpaired) electrons. The zero-order valence-corrected chi connectivity index (χ0v) is 28.7. The summed E-state index contributed by atoms with van der Waals surface area (Å²) in [5.74, 6) is -1.30. The van der Waals surface area contributed by atoms with Crippen LogP contribution in [0.1, 0.15) is 64.9 Å². The molecular weight excluding hydrogens is 647 g/mol. The molecule has 2 aliphatic heterocycles. The van der Waals surface area contributed by atoms with Crippen LogP contribution in [0, 0.1) is 5.92 Å². The molecule has 46 heavy (non-hydrogen) atoms. The second-order valence-electron chi connectivity index (χ2n) is 13.3. The van der Waals surface area contributed by atoms with Crippen molar-refractivity contribution < 1.29 is 24.2 Å². The fraction of sp³-hybridized carbons (Fsp3) is 0.559. The van der Waals surface area contributed by atoms with Gasteiger partial charge in [-0.15, -0.1) is 11.3 Å². The summed E-state index contributed by atoms with van der Waals surface area (Å²) in [5.41, 5.74) is 2.60. The monoisotopic (exact) mass is 688 g/mol. The molecule has 4 aliphatic rings. The second kappa shape index (κ2) is 14.3. The first-order valence-corrected chi connectivity index (χ1v) is 17.8. The average molecular weight is 690 g/mol. The topological polar surface area (TPSA) is 102 Å². The van der Waals surface area contributed by atoms with Crippen molar-refractivity contribution in [1.82, 2.24) is 14.7 Å². The molecule has 0 spiro atoms. The van der Waals surface area contributed by atoms with E-state index in [9.17, 15) is 19.5 Å². The number of benzene rings is 1. The van der Waals surface area contributed by atoms with E-state index >= 15 is 0 Å². The van der Waals surface area contributed by atoms with Crippen molar-refractivity contribution in [1.29, 1.82) is 0 Å². The maximum Gasteiger partial charge on any atom is 0.306 e. The van der Waals surface area contributed by atoms with Crippen LogP contribution >= 0.6 is 34.5 Å². The Bertz CT molecular complexity index is 1500. The van der Waals surface area contributed by atoms with Crippen LogP contribution in [0.25, 0.3) is 6.08 Å². The predicted molar refractivity (Wildman–Crippen MR) is 182 cm³/mol. The van der Waals surface area contributed by atoms with Crippen LogP contribution in [0.15, 0.2) is 23.6 Å². The molecule has 2 amide bonds. The van der Waals surface area contributed by atoms with Gasteiger partial charge in [0.1, 0.15) is 0 Å². The van der Waals surface area contributed by atoms with Gasteiger partial charge in [0.05, 0.1) is 47.4 Å². The summed E-state index contributed by atoms with van der Waals surface area (Å²) >= 11 is 14.9. The van der Waals surface area contributed by atoms with E-state index in [1.165, 1.54) is 4.88 Å².